The Morgan fingerprint density at radius 2 is 1.72 bits per heavy atom. The van der Waals surface area contributed by atoms with Crippen LogP contribution in [0, 0.1) is 0 Å². The summed E-state index contributed by atoms with van der Waals surface area (Å²) in [5.74, 6) is 0.0107. The molecule has 0 atom stereocenters. The number of ether oxygens (including phenoxy) is 3. The normalized spacial score (nSPS) is 10.1. The first-order valence-corrected chi connectivity index (χ1v) is 7.88. The van der Waals surface area contributed by atoms with Crippen LogP contribution in [0.15, 0.2) is 36.4 Å². The molecule has 25 heavy (non-hydrogen) atoms. The smallest absolute Gasteiger partial charge is 0.337 e. The van der Waals surface area contributed by atoms with Gasteiger partial charge < -0.3 is 19.5 Å². The third-order valence-corrected chi connectivity index (χ3v) is 3.66. The van der Waals surface area contributed by atoms with Gasteiger partial charge in [-0.25, -0.2) is 4.79 Å². The fraction of sp³-hybridized carbons (Fsp3) is 0.222. The molecule has 0 aliphatic carbocycles. The molecule has 0 fully saturated rings. The number of rotatable bonds is 6. The van der Waals surface area contributed by atoms with Crippen LogP contribution in [0.1, 0.15) is 27.6 Å². The van der Waals surface area contributed by atoms with Gasteiger partial charge in [0.1, 0.15) is 11.5 Å². The molecule has 1 N–H and O–H groups in total. The fourth-order valence-electron chi connectivity index (χ4n) is 2.16. The van der Waals surface area contributed by atoms with Crippen molar-refractivity contribution in [2.75, 3.05) is 26.1 Å². The summed E-state index contributed by atoms with van der Waals surface area (Å²) in [6.45, 7) is 2.32. The van der Waals surface area contributed by atoms with Gasteiger partial charge >= 0.3 is 5.97 Å². The van der Waals surface area contributed by atoms with Gasteiger partial charge in [0.05, 0.1) is 37.1 Å². The van der Waals surface area contributed by atoms with E-state index in [2.05, 4.69) is 10.1 Å². The zero-order valence-corrected chi connectivity index (χ0v) is 14.8. The van der Waals surface area contributed by atoms with Gasteiger partial charge in [0.15, 0.2) is 0 Å². The van der Waals surface area contributed by atoms with Gasteiger partial charge in [0.25, 0.3) is 5.91 Å². The van der Waals surface area contributed by atoms with Crippen molar-refractivity contribution >= 4 is 29.2 Å². The Balaban J connectivity index is 2.27. The number of hydrogen-bond donors (Lipinski definition) is 1. The summed E-state index contributed by atoms with van der Waals surface area (Å²) in [6.07, 6.45) is 0. The lowest BCUT2D eigenvalue weighted by molar-refractivity contribution is 0.0600. The number of hydrogen-bond acceptors (Lipinski definition) is 5. The largest absolute Gasteiger partial charge is 0.495 e. The molecule has 2 rings (SSSR count). The molecule has 0 aliphatic rings. The lowest BCUT2D eigenvalue weighted by Gasteiger charge is -2.12. The third kappa shape index (κ3) is 4.42. The highest BCUT2D eigenvalue weighted by atomic mass is 35.5. The quantitative estimate of drug-likeness (QED) is 0.790. The number of benzene rings is 2. The van der Waals surface area contributed by atoms with Gasteiger partial charge in [-0.1, -0.05) is 11.6 Å². The topological polar surface area (TPSA) is 73.9 Å². The number of esters is 1. The number of halogens is 1. The maximum atomic E-state index is 12.5. The summed E-state index contributed by atoms with van der Waals surface area (Å²) in [5.41, 5.74) is 0.989. The van der Waals surface area contributed by atoms with E-state index in [1.54, 1.807) is 24.3 Å². The molecular formula is C18H18ClNO5. The number of nitrogens with one attached hydrogen (secondary N) is 1. The van der Waals surface area contributed by atoms with Crippen LogP contribution in [0.3, 0.4) is 0 Å². The summed E-state index contributed by atoms with van der Waals surface area (Å²) in [4.78, 5) is 24.1. The first kappa shape index (κ1) is 18.6. The Morgan fingerprint density at radius 3 is 2.32 bits per heavy atom. The highest BCUT2D eigenvalue weighted by Crippen LogP contribution is 2.28. The van der Waals surface area contributed by atoms with Gasteiger partial charge in [-0.05, 0) is 43.3 Å². The van der Waals surface area contributed by atoms with Crippen LogP contribution < -0.4 is 14.8 Å². The minimum atomic E-state index is -0.512. The van der Waals surface area contributed by atoms with Gasteiger partial charge in [-0.15, -0.1) is 0 Å². The SMILES string of the molecule is CCOc1ccc(C(=O)Nc2cc(C(=O)OC)ccc2OC)cc1Cl. The molecule has 0 saturated heterocycles. The Hall–Kier alpha value is -2.73. The highest BCUT2D eigenvalue weighted by molar-refractivity contribution is 6.32. The lowest BCUT2D eigenvalue weighted by Crippen LogP contribution is -2.13. The van der Waals surface area contributed by atoms with E-state index < -0.39 is 11.9 Å². The van der Waals surface area contributed by atoms with Gasteiger partial charge in [0, 0.05) is 5.56 Å². The average molecular weight is 364 g/mol. The lowest BCUT2D eigenvalue weighted by atomic mass is 10.1. The molecule has 0 radical (unpaired) electrons. The average Bonchev–Trinajstić information content (AvgIpc) is 2.62. The van der Waals surface area contributed by atoms with E-state index in [0.29, 0.717) is 39.9 Å². The number of anilines is 1. The second kappa shape index (κ2) is 8.39. The van der Waals surface area contributed by atoms with Gasteiger partial charge in [-0.2, -0.15) is 0 Å². The van der Waals surface area contributed by atoms with Crippen molar-refractivity contribution in [1.82, 2.24) is 0 Å². The van der Waals surface area contributed by atoms with E-state index >= 15 is 0 Å². The van der Waals surface area contributed by atoms with Crippen LogP contribution in [0.5, 0.6) is 11.5 Å². The Morgan fingerprint density at radius 1 is 1.04 bits per heavy atom. The molecule has 2 aromatic carbocycles. The van der Waals surface area contributed by atoms with Crippen LogP contribution in [-0.2, 0) is 4.74 Å². The predicted octanol–water partition coefficient (Wildman–Crippen LogP) is 3.79. The Bertz CT molecular complexity index is 791. The zero-order chi connectivity index (χ0) is 18.4. The van der Waals surface area contributed by atoms with Crippen LogP contribution in [0.4, 0.5) is 5.69 Å². The highest BCUT2D eigenvalue weighted by Gasteiger charge is 2.15. The molecular weight excluding hydrogens is 346 g/mol. The van der Waals surface area contributed by atoms with Crippen molar-refractivity contribution in [3.05, 3.63) is 52.5 Å². The molecule has 0 bridgehead atoms. The molecule has 2 aromatic rings. The van der Waals surface area contributed by atoms with Crippen molar-refractivity contribution in [2.24, 2.45) is 0 Å². The number of carbonyl (C=O) groups excluding carboxylic acids is 2. The first-order valence-electron chi connectivity index (χ1n) is 7.50. The van der Waals surface area contributed by atoms with E-state index in [-0.39, 0.29) is 0 Å². The maximum absolute atomic E-state index is 12.5. The zero-order valence-electron chi connectivity index (χ0n) is 14.1. The molecule has 132 valence electrons. The monoisotopic (exact) mass is 363 g/mol. The van der Waals surface area contributed by atoms with E-state index in [0.717, 1.165) is 0 Å². The van der Waals surface area contributed by atoms with E-state index in [9.17, 15) is 9.59 Å². The second-order valence-electron chi connectivity index (χ2n) is 4.94. The molecule has 0 unspecified atom stereocenters. The van der Waals surface area contributed by atoms with Crippen molar-refractivity contribution in [2.45, 2.75) is 6.92 Å². The maximum Gasteiger partial charge on any atom is 0.337 e. The van der Waals surface area contributed by atoms with Crippen molar-refractivity contribution < 1.29 is 23.8 Å². The van der Waals surface area contributed by atoms with E-state index in [1.807, 2.05) is 6.92 Å². The Labute approximate surface area is 150 Å². The van der Waals surface area contributed by atoms with Crippen LogP contribution in [0.2, 0.25) is 5.02 Å². The summed E-state index contributed by atoms with van der Waals surface area (Å²) >= 11 is 6.11. The third-order valence-electron chi connectivity index (χ3n) is 3.36. The van der Waals surface area contributed by atoms with Crippen molar-refractivity contribution in [3.8, 4) is 11.5 Å². The molecule has 1 amide bonds. The molecule has 0 saturated carbocycles. The molecule has 0 heterocycles. The Kier molecular flexibility index (Phi) is 6.25. The second-order valence-corrected chi connectivity index (χ2v) is 5.35. The van der Waals surface area contributed by atoms with Crippen molar-refractivity contribution in [1.29, 1.82) is 0 Å². The molecule has 7 heteroatoms. The number of carbonyl (C=O) groups is 2. The van der Waals surface area contributed by atoms with Crippen molar-refractivity contribution in [3.63, 3.8) is 0 Å². The summed E-state index contributed by atoms with van der Waals surface area (Å²) in [5, 5.41) is 3.04. The minimum absolute atomic E-state index is 0.295. The predicted molar refractivity (Wildman–Crippen MR) is 94.9 cm³/mol. The minimum Gasteiger partial charge on any atom is -0.495 e. The molecule has 0 aromatic heterocycles. The van der Waals surface area contributed by atoms with Crippen LogP contribution in [0.25, 0.3) is 0 Å². The van der Waals surface area contributed by atoms with Gasteiger partial charge in [0.2, 0.25) is 0 Å². The summed E-state index contributed by atoms with van der Waals surface area (Å²) < 4.78 is 15.2. The standard InChI is InChI=1S/C18H18ClNO5/c1-4-25-15-7-5-11(9-13(15)19)17(21)20-14-10-12(18(22)24-3)6-8-16(14)23-2/h5-10H,4H2,1-3H3,(H,20,21). The molecule has 0 aliphatic heterocycles. The summed E-state index contributed by atoms with van der Waals surface area (Å²) in [7, 11) is 2.75. The number of methoxy groups -OCH3 is 2. The van der Waals surface area contributed by atoms with Crippen LogP contribution >= 0.6 is 11.6 Å². The van der Waals surface area contributed by atoms with E-state index in [1.165, 1.54) is 26.4 Å². The summed E-state index contributed by atoms with van der Waals surface area (Å²) in [6, 6.07) is 9.35. The molecule has 0 spiro atoms. The fourth-order valence-corrected chi connectivity index (χ4v) is 2.39. The first-order chi connectivity index (χ1) is 12.0. The van der Waals surface area contributed by atoms with Gasteiger partial charge in [-0.3, -0.25) is 4.79 Å². The number of amides is 1. The van der Waals surface area contributed by atoms with E-state index in [4.69, 9.17) is 21.1 Å². The van der Waals surface area contributed by atoms with Crippen LogP contribution in [-0.4, -0.2) is 32.7 Å². The molecule has 6 nitrogen and oxygen atoms in total.